The fourth-order valence-electron chi connectivity index (χ4n) is 1.17. The highest BCUT2D eigenvalue weighted by atomic mass is 35.5. The summed E-state index contributed by atoms with van der Waals surface area (Å²) in [4.78, 5) is 0. The molecule has 0 aliphatic heterocycles. The van der Waals surface area contributed by atoms with Crippen LogP contribution in [0.5, 0.6) is 0 Å². The minimum absolute atomic E-state index is 0.148. The van der Waals surface area contributed by atoms with Gasteiger partial charge in [-0.1, -0.05) is 29.8 Å². The van der Waals surface area contributed by atoms with Crippen molar-refractivity contribution in [2.45, 2.75) is 0 Å². The van der Waals surface area contributed by atoms with Gasteiger partial charge in [0.05, 0.1) is 11.6 Å². The van der Waals surface area contributed by atoms with Crippen molar-refractivity contribution in [2.24, 2.45) is 0 Å². The van der Waals surface area contributed by atoms with Crippen molar-refractivity contribution in [2.75, 3.05) is 26.8 Å². The summed E-state index contributed by atoms with van der Waals surface area (Å²) in [5.74, 6) is -0.392. The van der Waals surface area contributed by atoms with E-state index in [0.717, 1.165) is 18.7 Å². The Balaban J connectivity index is 2.35. The van der Waals surface area contributed by atoms with Crippen LogP contribution >= 0.6 is 11.6 Å². The Morgan fingerprint density at radius 2 is 2.31 bits per heavy atom. The van der Waals surface area contributed by atoms with E-state index in [1.807, 2.05) is 12.2 Å². The highest BCUT2D eigenvalue weighted by Gasteiger charge is 1.97. The monoisotopic (exact) mass is 243 g/mol. The van der Waals surface area contributed by atoms with Gasteiger partial charge < -0.3 is 10.1 Å². The van der Waals surface area contributed by atoms with Crippen LogP contribution in [-0.2, 0) is 4.74 Å². The summed E-state index contributed by atoms with van der Waals surface area (Å²) in [5, 5.41) is 3.30. The molecule has 0 spiro atoms. The SMILES string of the molecule is COCCNCC=Cc1ccc(Cl)c(F)c1. The van der Waals surface area contributed by atoms with Gasteiger partial charge in [0, 0.05) is 20.2 Å². The number of ether oxygens (including phenoxy) is 1. The maximum atomic E-state index is 13.1. The van der Waals surface area contributed by atoms with Crippen molar-refractivity contribution in [1.29, 1.82) is 0 Å². The predicted octanol–water partition coefficient (Wildman–Crippen LogP) is 2.73. The smallest absolute Gasteiger partial charge is 0.142 e. The molecule has 1 aromatic rings. The molecule has 0 radical (unpaired) electrons. The van der Waals surface area contributed by atoms with Gasteiger partial charge in [0.2, 0.25) is 0 Å². The van der Waals surface area contributed by atoms with Crippen molar-refractivity contribution in [1.82, 2.24) is 5.32 Å². The maximum Gasteiger partial charge on any atom is 0.142 e. The summed E-state index contributed by atoms with van der Waals surface area (Å²) in [6.45, 7) is 2.22. The number of hydrogen-bond acceptors (Lipinski definition) is 2. The van der Waals surface area contributed by atoms with Gasteiger partial charge >= 0.3 is 0 Å². The highest BCUT2D eigenvalue weighted by Crippen LogP contribution is 2.16. The Morgan fingerprint density at radius 1 is 1.50 bits per heavy atom. The first-order valence-electron chi connectivity index (χ1n) is 5.05. The van der Waals surface area contributed by atoms with Gasteiger partial charge in [-0.2, -0.15) is 0 Å². The number of halogens is 2. The second kappa shape index (κ2) is 7.39. The zero-order valence-corrected chi connectivity index (χ0v) is 9.93. The van der Waals surface area contributed by atoms with Gasteiger partial charge in [-0.3, -0.25) is 0 Å². The minimum atomic E-state index is -0.392. The summed E-state index contributed by atoms with van der Waals surface area (Å²) in [5.41, 5.74) is 0.801. The lowest BCUT2D eigenvalue weighted by Gasteiger charge is -1.99. The van der Waals surface area contributed by atoms with E-state index >= 15 is 0 Å². The highest BCUT2D eigenvalue weighted by molar-refractivity contribution is 6.30. The summed E-state index contributed by atoms with van der Waals surface area (Å²) < 4.78 is 17.9. The Morgan fingerprint density at radius 3 is 3.00 bits per heavy atom. The predicted molar refractivity (Wildman–Crippen MR) is 65.2 cm³/mol. The lowest BCUT2D eigenvalue weighted by atomic mass is 10.2. The average Bonchev–Trinajstić information content (AvgIpc) is 2.28. The van der Waals surface area contributed by atoms with E-state index in [1.54, 1.807) is 19.2 Å². The third kappa shape index (κ3) is 4.75. The zero-order chi connectivity index (χ0) is 11.8. The van der Waals surface area contributed by atoms with E-state index in [2.05, 4.69) is 5.32 Å². The molecule has 16 heavy (non-hydrogen) atoms. The molecule has 0 fully saturated rings. The van der Waals surface area contributed by atoms with Gasteiger partial charge in [0.15, 0.2) is 0 Å². The quantitative estimate of drug-likeness (QED) is 0.776. The van der Waals surface area contributed by atoms with Crippen molar-refractivity contribution in [3.8, 4) is 0 Å². The van der Waals surface area contributed by atoms with E-state index in [-0.39, 0.29) is 5.02 Å². The van der Waals surface area contributed by atoms with E-state index in [0.29, 0.717) is 6.61 Å². The van der Waals surface area contributed by atoms with Crippen LogP contribution < -0.4 is 5.32 Å². The van der Waals surface area contributed by atoms with Gasteiger partial charge in [-0.15, -0.1) is 0 Å². The van der Waals surface area contributed by atoms with Gasteiger partial charge in [-0.05, 0) is 17.7 Å². The zero-order valence-electron chi connectivity index (χ0n) is 9.17. The normalized spacial score (nSPS) is 11.2. The number of rotatable bonds is 6. The third-order valence-corrected chi connectivity index (χ3v) is 2.31. The van der Waals surface area contributed by atoms with Crippen molar-refractivity contribution in [3.05, 3.63) is 40.7 Å². The summed E-state index contributed by atoms with van der Waals surface area (Å²) in [6.07, 6.45) is 3.78. The van der Waals surface area contributed by atoms with Gasteiger partial charge in [0.1, 0.15) is 5.82 Å². The number of nitrogens with one attached hydrogen (secondary N) is 1. The summed E-state index contributed by atoms with van der Waals surface area (Å²) in [6, 6.07) is 4.74. The van der Waals surface area contributed by atoms with Crippen LogP contribution in [0.2, 0.25) is 5.02 Å². The van der Waals surface area contributed by atoms with Crippen molar-refractivity contribution < 1.29 is 9.13 Å². The third-order valence-electron chi connectivity index (χ3n) is 2.00. The van der Waals surface area contributed by atoms with Crippen LogP contribution in [0.15, 0.2) is 24.3 Å². The van der Waals surface area contributed by atoms with Gasteiger partial charge in [-0.25, -0.2) is 4.39 Å². The molecule has 0 heterocycles. The molecule has 0 amide bonds. The molecule has 0 unspecified atom stereocenters. The first kappa shape index (κ1) is 13.2. The minimum Gasteiger partial charge on any atom is -0.383 e. The van der Waals surface area contributed by atoms with Crippen LogP contribution in [0.1, 0.15) is 5.56 Å². The second-order valence-electron chi connectivity index (χ2n) is 3.27. The molecule has 0 atom stereocenters. The lowest BCUT2D eigenvalue weighted by molar-refractivity contribution is 0.200. The molecular weight excluding hydrogens is 229 g/mol. The van der Waals surface area contributed by atoms with Crippen molar-refractivity contribution in [3.63, 3.8) is 0 Å². The first-order chi connectivity index (χ1) is 7.74. The average molecular weight is 244 g/mol. The molecule has 0 saturated carbocycles. The Bertz CT molecular complexity index is 355. The van der Waals surface area contributed by atoms with E-state index < -0.39 is 5.82 Å². The molecule has 0 saturated heterocycles. The van der Waals surface area contributed by atoms with E-state index in [9.17, 15) is 4.39 Å². The molecule has 0 aromatic heterocycles. The maximum absolute atomic E-state index is 13.1. The van der Waals surface area contributed by atoms with E-state index in [1.165, 1.54) is 6.07 Å². The molecule has 0 aliphatic carbocycles. The summed E-state index contributed by atoms with van der Waals surface area (Å²) in [7, 11) is 1.66. The molecular formula is C12H15ClFNO. The van der Waals surface area contributed by atoms with Gasteiger partial charge in [0.25, 0.3) is 0 Å². The molecule has 88 valence electrons. The molecule has 0 aliphatic rings. The van der Waals surface area contributed by atoms with Crippen molar-refractivity contribution >= 4 is 17.7 Å². The Kier molecular flexibility index (Phi) is 6.08. The first-order valence-corrected chi connectivity index (χ1v) is 5.43. The molecule has 4 heteroatoms. The van der Waals surface area contributed by atoms with Crippen LogP contribution in [0.4, 0.5) is 4.39 Å². The topological polar surface area (TPSA) is 21.3 Å². The Labute approximate surface area is 100 Å². The standard InChI is InChI=1S/C12H15ClFNO/c1-16-8-7-15-6-2-3-10-4-5-11(13)12(14)9-10/h2-5,9,15H,6-8H2,1H3. The molecule has 0 bridgehead atoms. The fraction of sp³-hybridized carbons (Fsp3) is 0.333. The second-order valence-corrected chi connectivity index (χ2v) is 3.68. The van der Waals surface area contributed by atoms with Crippen LogP contribution in [0.3, 0.4) is 0 Å². The number of hydrogen-bond donors (Lipinski definition) is 1. The largest absolute Gasteiger partial charge is 0.383 e. The summed E-state index contributed by atoms with van der Waals surface area (Å²) >= 11 is 5.57. The fourth-order valence-corrected chi connectivity index (χ4v) is 1.29. The van der Waals surface area contributed by atoms with Crippen LogP contribution in [0, 0.1) is 5.82 Å². The van der Waals surface area contributed by atoms with Crippen LogP contribution in [-0.4, -0.2) is 26.8 Å². The number of methoxy groups -OCH3 is 1. The molecule has 2 nitrogen and oxygen atoms in total. The number of benzene rings is 1. The molecule has 1 rings (SSSR count). The molecule has 1 N–H and O–H groups in total. The van der Waals surface area contributed by atoms with E-state index in [4.69, 9.17) is 16.3 Å². The van der Waals surface area contributed by atoms with Crippen LogP contribution in [0.25, 0.3) is 6.08 Å². The lowest BCUT2D eigenvalue weighted by Crippen LogP contribution is -2.18. The molecule has 1 aromatic carbocycles. The Hall–Kier alpha value is -0.900.